The van der Waals surface area contributed by atoms with Crippen LogP contribution < -0.4 is 11.0 Å². The minimum Gasteiger partial charge on any atom is -0.508 e. The lowest BCUT2D eigenvalue weighted by molar-refractivity contribution is -0.0872. The molecule has 5 atom stereocenters. The fourth-order valence-corrected chi connectivity index (χ4v) is 5.27. The van der Waals surface area contributed by atoms with Crippen molar-refractivity contribution in [1.82, 2.24) is 16.0 Å². The van der Waals surface area contributed by atoms with E-state index in [0.717, 1.165) is 44.3 Å². The largest absolute Gasteiger partial charge is 0.508 e. The van der Waals surface area contributed by atoms with Gasteiger partial charge in [-0.25, -0.2) is 10.4 Å². The smallest absolute Gasteiger partial charge is 0.118 e. The third-order valence-electron chi connectivity index (χ3n) is 6.63. The Morgan fingerprint density at radius 1 is 1.44 bits per heavy atom. The van der Waals surface area contributed by atoms with E-state index in [1.807, 2.05) is 6.08 Å². The number of allylic oxidation sites excluding steroid dienone is 5. The van der Waals surface area contributed by atoms with Crippen molar-refractivity contribution >= 4 is 0 Å². The van der Waals surface area contributed by atoms with Gasteiger partial charge in [-0.15, -0.1) is 0 Å². The molecule has 3 fully saturated rings. The van der Waals surface area contributed by atoms with Gasteiger partial charge in [0, 0.05) is 19.0 Å². The summed E-state index contributed by atoms with van der Waals surface area (Å²) in [5.41, 5.74) is 8.58. The molecular formula is C20H24N4O. The van der Waals surface area contributed by atoms with E-state index in [1.54, 1.807) is 0 Å². The molecule has 0 aromatic heterocycles. The van der Waals surface area contributed by atoms with Crippen molar-refractivity contribution in [2.75, 3.05) is 13.1 Å². The Labute approximate surface area is 148 Å². The second kappa shape index (κ2) is 5.57. The summed E-state index contributed by atoms with van der Waals surface area (Å²) in [4.78, 5) is 0. The topological polar surface area (TPSA) is 71.3 Å². The second-order valence-corrected chi connectivity index (χ2v) is 8.04. The van der Waals surface area contributed by atoms with Crippen LogP contribution in [-0.2, 0) is 0 Å². The van der Waals surface area contributed by atoms with Crippen molar-refractivity contribution in [2.45, 2.75) is 31.7 Å². The molecule has 5 nitrogen and oxygen atoms in total. The van der Waals surface area contributed by atoms with E-state index in [-0.39, 0.29) is 11.5 Å². The maximum atomic E-state index is 10.3. The van der Waals surface area contributed by atoms with Gasteiger partial charge in [-0.3, -0.25) is 0 Å². The number of fused-ring (bicyclic) bond motifs is 1. The van der Waals surface area contributed by atoms with Crippen LogP contribution in [-0.4, -0.2) is 29.2 Å². The number of nitriles is 1. The Hall–Kier alpha value is -1.87. The van der Waals surface area contributed by atoms with Crippen LogP contribution in [0.5, 0.6) is 0 Å². The number of aliphatic hydroxyl groups excluding tert-OH is 1. The van der Waals surface area contributed by atoms with Crippen molar-refractivity contribution in [2.24, 2.45) is 23.2 Å². The highest BCUT2D eigenvalue weighted by molar-refractivity contribution is 5.40. The maximum Gasteiger partial charge on any atom is 0.118 e. The highest BCUT2D eigenvalue weighted by Crippen LogP contribution is 2.59. The SMILES string of the molecule is N#CC12C=CC[C@H]3C1CNNN(CC1C=CC=C(C(O)=C4CC4)C1)[C@@H]32. The molecule has 25 heavy (non-hydrogen) atoms. The van der Waals surface area contributed by atoms with Crippen molar-refractivity contribution in [1.29, 1.82) is 5.26 Å². The standard InChI is InChI=1S/C20H24N4O/c21-12-20-8-2-5-16-17(20)10-22-23-24(19(16)20)11-13-3-1-4-15(9-13)18(25)14-6-7-14/h1-4,8,13,16-17,19,22-23,25H,5-7,9-11H2/t13?,16-,17?,19-,20?/m0/s1. The number of hydrogen-bond acceptors (Lipinski definition) is 5. The molecule has 0 amide bonds. The zero-order valence-corrected chi connectivity index (χ0v) is 14.3. The van der Waals surface area contributed by atoms with Gasteiger partial charge >= 0.3 is 0 Å². The van der Waals surface area contributed by atoms with Gasteiger partial charge in [-0.2, -0.15) is 10.8 Å². The van der Waals surface area contributed by atoms with Gasteiger partial charge in [0.05, 0.1) is 17.5 Å². The monoisotopic (exact) mass is 336 g/mol. The molecule has 3 N–H and O–H groups in total. The molecule has 5 heteroatoms. The first kappa shape index (κ1) is 15.4. The molecule has 0 radical (unpaired) electrons. The molecule has 0 spiro atoms. The molecule has 0 aromatic rings. The van der Waals surface area contributed by atoms with Crippen LogP contribution >= 0.6 is 0 Å². The van der Waals surface area contributed by atoms with Crippen LogP contribution in [0.1, 0.15) is 25.7 Å². The van der Waals surface area contributed by atoms with Gasteiger partial charge in [-0.05, 0) is 48.7 Å². The fourth-order valence-electron chi connectivity index (χ4n) is 5.27. The molecule has 0 aromatic carbocycles. The van der Waals surface area contributed by atoms with Gasteiger partial charge in [0.15, 0.2) is 0 Å². The summed E-state index contributed by atoms with van der Waals surface area (Å²) >= 11 is 0. The summed E-state index contributed by atoms with van der Waals surface area (Å²) < 4.78 is 0. The number of nitrogens with one attached hydrogen (secondary N) is 2. The average molecular weight is 336 g/mol. The van der Waals surface area contributed by atoms with Gasteiger partial charge in [-0.1, -0.05) is 30.4 Å². The first-order valence-corrected chi connectivity index (χ1v) is 9.36. The Balaban J connectivity index is 1.34. The molecular weight excluding hydrogens is 312 g/mol. The molecule has 130 valence electrons. The Morgan fingerprint density at radius 3 is 3.12 bits per heavy atom. The molecule has 2 saturated carbocycles. The maximum absolute atomic E-state index is 10.3. The van der Waals surface area contributed by atoms with Crippen LogP contribution in [0.4, 0.5) is 0 Å². The Kier molecular flexibility index (Phi) is 3.43. The molecule has 4 bridgehead atoms. The van der Waals surface area contributed by atoms with E-state index < -0.39 is 0 Å². The lowest BCUT2D eigenvalue weighted by Gasteiger charge is -2.59. The van der Waals surface area contributed by atoms with Crippen LogP contribution in [0.2, 0.25) is 0 Å². The van der Waals surface area contributed by atoms with Crippen molar-refractivity contribution < 1.29 is 5.11 Å². The summed E-state index contributed by atoms with van der Waals surface area (Å²) in [6.45, 7) is 1.68. The lowest BCUT2D eigenvalue weighted by atomic mass is 9.47. The van der Waals surface area contributed by atoms with Gasteiger partial charge in [0.1, 0.15) is 5.76 Å². The van der Waals surface area contributed by atoms with Gasteiger partial charge in [0.2, 0.25) is 0 Å². The highest BCUT2D eigenvalue weighted by Gasteiger charge is 2.65. The van der Waals surface area contributed by atoms with Crippen molar-refractivity contribution in [3.8, 4) is 6.07 Å². The lowest BCUT2D eigenvalue weighted by Crippen LogP contribution is -2.68. The number of hydrogen-bond donors (Lipinski definition) is 3. The van der Waals surface area contributed by atoms with E-state index in [4.69, 9.17) is 0 Å². The zero-order chi connectivity index (χ0) is 17.0. The Bertz CT molecular complexity index is 752. The molecule has 1 aliphatic heterocycles. The summed E-state index contributed by atoms with van der Waals surface area (Å²) in [5.74, 6) is 1.82. The van der Waals surface area contributed by atoms with Gasteiger partial charge in [0.25, 0.3) is 0 Å². The molecule has 1 heterocycles. The Morgan fingerprint density at radius 2 is 2.32 bits per heavy atom. The molecule has 1 saturated heterocycles. The van der Waals surface area contributed by atoms with E-state index >= 15 is 0 Å². The highest BCUT2D eigenvalue weighted by atomic mass is 16.3. The minimum absolute atomic E-state index is 0.237. The molecule has 4 aliphatic carbocycles. The number of aliphatic hydroxyl groups is 1. The quantitative estimate of drug-likeness (QED) is 0.546. The number of nitrogens with zero attached hydrogens (tertiary/aromatic N) is 2. The van der Waals surface area contributed by atoms with Crippen molar-refractivity contribution in [3.05, 3.63) is 47.3 Å². The first-order valence-electron chi connectivity index (χ1n) is 9.36. The van der Waals surface area contributed by atoms with Crippen molar-refractivity contribution in [3.63, 3.8) is 0 Å². The summed E-state index contributed by atoms with van der Waals surface area (Å²) in [6, 6.07) is 2.86. The summed E-state index contributed by atoms with van der Waals surface area (Å²) in [5, 5.41) is 22.5. The van der Waals surface area contributed by atoms with Crippen LogP contribution in [0.15, 0.2) is 47.3 Å². The van der Waals surface area contributed by atoms with E-state index in [0.29, 0.717) is 23.5 Å². The van der Waals surface area contributed by atoms with E-state index in [2.05, 4.69) is 46.3 Å². The van der Waals surface area contributed by atoms with Crippen LogP contribution in [0.25, 0.3) is 0 Å². The van der Waals surface area contributed by atoms with Crippen LogP contribution in [0, 0.1) is 34.5 Å². The zero-order valence-electron chi connectivity index (χ0n) is 14.3. The van der Waals surface area contributed by atoms with E-state index in [9.17, 15) is 10.4 Å². The summed E-state index contributed by atoms with van der Waals surface area (Å²) in [7, 11) is 0. The predicted molar refractivity (Wildman–Crippen MR) is 94.6 cm³/mol. The number of hydrazine groups is 2. The van der Waals surface area contributed by atoms with E-state index in [1.165, 1.54) is 5.57 Å². The normalized spacial score (nSPS) is 41.4. The first-order chi connectivity index (χ1) is 12.2. The number of rotatable bonds is 3. The second-order valence-electron chi connectivity index (χ2n) is 8.04. The third kappa shape index (κ3) is 2.25. The predicted octanol–water partition coefficient (Wildman–Crippen LogP) is 2.50. The molecule has 3 unspecified atom stereocenters. The van der Waals surface area contributed by atoms with Crippen LogP contribution in [0.3, 0.4) is 0 Å². The molecule has 5 rings (SSSR count). The third-order valence-corrected chi connectivity index (χ3v) is 6.63. The fraction of sp³-hybridized carbons (Fsp3) is 0.550. The molecule has 5 aliphatic rings. The van der Waals surface area contributed by atoms with Gasteiger partial charge < -0.3 is 5.11 Å². The summed E-state index contributed by atoms with van der Waals surface area (Å²) in [6.07, 6.45) is 14.7. The average Bonchev–Trinajstić information content (AvgIpc) is 3.50. The minimum atomic E-state index is -0.353.